The van der Waals surface area contributed by atoms with Gasteiger partial charge in [0, 0.05) is 6.54 Å². The highest BCUT2D eigenvalue weighted by molar-refractivity contribution is 6.30. The van der Waals surface area contributed by atoms with Crippen molar-refractivity contribution in [1.29, 1.82) is 0 Å². The van der Waals surface area contributed by atoms with Crippen molar-refractivity contribution in [3.05, 3.63) is 46.1 Å². The molecule has 0 atom stereocenters. The van der Waals surface area contributed by atoms with Gasteiger partial charge in [0.1, 0.15) is 5.75 Å². The molecule has 0 radical (unpaired) electrons. The fourth-order valence-corrected chi connectivity index (χ4v) is 1.91. The van der Waals surface area contributed by atoms with E-state index in [0.717, 1.165) is 35.5 Å². The van der Waals surface area contributed by atoms with Crippen LogP contribution in [0.1, 0.15) is 16.7 Å². The Morgan fingerprint density at radius 3 is 2.47 bits per heavy atom. The molecule has 0 unspecified atom stereocenters. The highest BCUT2D eigenvalue weighted by atomic mass is 35.5. The topological polar surface area (TPSA) is 58.0 Å². The van der Waals surface area contributed by atoms with E-state index in [4.69, 9.17) is 11.6 Å². The third-order valence-electron chi connectivity index (χ3n) is 3.11. The van der Waals surface area contributed by atoms with Gasteiger partial charge in [-0.2, -0.15) is 0 Å². The molecule has 0 aliphatic rings. The molecule has 0 saturated heterocycles. The third-order valence-corrected chi connectivity index (χ3v) is 3.47. The number of aromatic nitrogens is 2. The van der Waals surface area contributed by atoms with E-state index in [-0.39, 0.29) is 5.75 Å². The Bertz CT molecular complexity index is 570. The fraction of sp³-hybridized carbons (Fsp3) is 0.286. The summed E-state index contributed by atoms with van der Waals surface area (Å²) in [4.78, 5) is 0. The van der Waals surface area contributed by atoms with Crippen molar-refractivity contribution in [3.63, 3.8) is 0 Å². The summed E-state index contributed by atoms with van der Waals surface area (Å²) in [6.45, 7) is 4.65. The minimum atomic E-state index is 0.284. The zero-order valence-corrected chi connectivity index (χ0v) is 11.7. The van der Waals surface area contributed by atoms with Gasteiger partial charge >= 0.3 is 0 Å². The monoisotopic (exact) mass is 277 g/mol. The molecule has 0 spiro atoms. The number of phenols is 1. The first-order chi connectivity index (χ1) is 9.08. The molecule has 4 nitrogen and oxygen atoms in total. The summed E-state index contributed by atoms with van der Waals surface area (Å²) in [5.41, 5.74) is 3.12. The SMILES string of the molecule is Cc1c(Cl)nnc(NCCc2ccc(O)cc2)c1C. The van der Waals surface area contributed by atoms with E-state index >= 15 is 0 Å². The average Bonchev–Trinajstić information content (AvgIpc) is 2.41. The van der Waals surface area contributed by atoms with Crippen molar-refractivity contribution in [1.82, 2.24) is 10.2 Å². The maximum Gasteiger partial charge on any atom is 0.155 e. The van der Waals surface area contributed by atoms with E-state index in [9.17, 15) is 5.11 Å². The molecule has 19 heavy (non-hydrogen) atoms. The standard InChI is InChI=1S/C14H16ClN3O/c1-9-10(2)14(18-17-13(9)15)16-8-7-11-3-5-12(19)6-4-11/h3-6,19H,7-8H2,1-2H3,(H,16,18). The minimum Gasteiger partial charge on any atom is -0.508 e. The summed E-state index contributed by atoms with van der Waals surface area (Å²) < 4.78 is 0. The number of anilines is 1. The molecule has 0 amide bonds. The second-order valence-electron chi connectivity index (χ2n) is 4.43. The van der Waals surface area contributed by atoms with Gasteiger partial charge in [0.25, 0.3) is 0 Å². The number of nitrogens with zero attached hydrogens (tertiary/aromatic N) is 2. The van der Waals surface area contributed by atoms with Crippen LogP contribution in [0, 0.1) is 13.8 Å². The Hall–Kier alpha value is -1.81. The maximum absolute atomic E-state index is 9.21. The molecular weight excluding hydrogens is 262 g/mol. The van der Waals surface area contributed by atoms with Gasteiger partial charge in [-0.25, -0.2) is 0 Å². The lowest BCUT2D eigenvalue weighted by Gasteiger charge is -2.10. The first kappa shape index (κ1) is 13.6. The van der Waals surface area contributed by atoms with Gasteiger partial charge in [-0.15, -0.1) is 10.2 Å². The number of benzene rings is 1. The predicted octanol–water partition coefficient (Wildman–Crippen LogP) is 3.11. The maximum atomic E-state index is 9.21. The van der Waals surface area contributed by atoms with Gasteiger partial charge in [-0.05, 0) is 49.1 Å². The van der Waals surface area contributed by atoms with Crippen molar-refractivity contribution < 1.29 is 5.11 Å². The van der Waals surface area contributed by atoms with E-state index in [0.29, 0.717) is 5.15 Å². The molecule has 1 aromatic heterocycles. The lowest BCUT2D eigenvalue weighted by Crippen LogP contribution is -2.09. The van der Waals surface area contributed by atoms with Crippen LogP contribution in [-0.2, 0) is 6.42 Å². The molecule has 0 bridgehead atoms. The van der Waals surface area contributed by atoms with Crippen LogP contribution in [0.3, 0.4) is 0 Å². The number of halogens is 1. The molecular formula is C14H16ClN3O. The summed E-state index contributed by atoms with van der Waals surface area (Å²) >= 11 is 5.91. The Morgan fingerprint density at radius 2 is 1.79 bits per heavy atom. The van der Waals surface area contributed by atoms with Gasteiger partial charge in [0.2, 0.25) is 0 Å². The zero-order chi connectivity index (χ0) is 13.8. The Labute approximate surface area is 117 Å². The first-order valence-electron chi connectivity index (χ1n) is 6.09. The molecule has 100 valence electrons. The van der Waals surface area contributed by atoms with Gasteiger partial charge in [-0.3, -0.25) is 0 Å². The summed E-state index contributed by atoms with van der Waals surface area (Å²) in [7, 11) is 0. The van der Waals surface area contributed by atoms with E-state index < -0.39 is 0 Å². The molecule has 0 aliphatic heterocycles. The number of nitrogens with one attached hydrogen (secondary N) is 1. The van der Waals surface area contributed by atoms with Crippen LogP contribution in [0.15, 0.2) is 24.3 Å². The van der Waals surface area contributed by atoms with Crippen LogP contribution >= 0.6 is 11.6 Å². The Kier molecular flexibility index (Phi) is 4.22. The Morgan fingerprint density at radius 1 is 1.11 bits per heavy atom. The fourth-order valence-electron chi connectivity index (χ4n) is 1.73. The van der Waals surface area contributed by atoms with Crippen LogP contribution in [0.2, 0.25) is 5.15 Å². The lowest BCUT2D eigenvalue weighted by molar-refractivity contribution is 0.475. The smallest absolute Gasteiger partial charge is 0.155 e. The molecule has 5 heteroatoms. The molecule has 0 saturated carbocycles. The van der Waals surface area contributed by atoms with E-state index in [2.05, 4.69) is 15.5 Å². The summed E-state index contributed by atoms with van der Waals surface area (Å²) in [5, 5.41) is 20.8. The van der Waals surface area contributed by atoms with Gasteiger partial charge in [0.05, 0.1) is 0 Å². The first-order valence-corrected chi connectivity index (χ1v) is 6.47. The number of hydrogen-bond acceptors (Lipinski definition) is 4. The summed E-state index contributed by atoms with van der Waals surface area (Å²) in [6.07, 6.45) is 0.850. The van der Waals surface area contributed by atoms with E-state index in [1.165, 1.54) is 0 Å². The molecule has 0 fully saturated rings. The number of phenolic OH excluding ortho intramolecular Hbond substituents is 1. The number of rotatable bonds is 4. The Balaban J connectivity index is 1.96. The lowest BCUT2D eigenvalue weighted by atomic mass is 10.1. The zero-order valence-electron chi connectivity index (χ0n) is 10.9. The highest BCUT2D eigenvalue weighted by Gasteiger charge is 2.07. The molecule has 1 heterocycles. The van der Waals surface area contributed by atoms with Crippen molar-refractivity contribution in [2.75, 3.05) is 11.9 Å². The minimum absolute atomic E-state index is 0.284. The summed E-state index contributed by atoms with van der Waals surface area (Å²) in [5.74, 6) is 1.05. The normalized spacial score (nSPS) is 10.5. The quantitative estimate of drug-likeness (QED) is 0.902. The molecule has 2 N–H and O–H groups in total. The molecule has 2 aromatic rings. The van der Waals surface area contributed by atoms with E-state index in [1.807, 2.05) is 26.0 Å². The van der Waals surface area contributed by atoms with Crippen molar-refractivity contribution in [2.45, 2.75) is 20.3 Å². The number of hydrogen-bond donors (Lipinski definition) is 2. The average molecular weight is 278 g/mol. The van der Waals surface area contributed by atoms with Crippen molar-refractivity contribution in [2.24, 2.45) is 0 Å². The molecule has 1 aromatic carbocycles. The van der Waals surface area contributed by atoms with Gasteiger partial charge in [0.15, 0.2) is 11.0 Å². The van der Waals surface area contributed by atoms with Gasteiger partial charge in [-0.1, -0.05) is 23.7 Å². The van der Waals surface area contributed by atoms with Crippen LogP contribution in [0.25, 0.3) is 0 Å². The van der Waals surface area contributed by atoms with Crippen LogP contribution in [0.4, 0.5) is 5.82 Å². The third kappa shape index (κ3) is 3.35. The van der Waals surface area contributed by atoms with Crippen LogP contribution in [-0.4, -0.2) is 21.8 Å². The largest absolute Gasteiger partial charge is 0.508 e. The second kappa shape index (κ2) is 5.89. The van der Waals surface area contributed by atoms with Gasteiger partial charge < -0.3 is 10.4 Å². The summed E-state index contributed by atoms with van der Waals surface area (Å²) in [6, 6.07) is 7.19. The molecule has 0 aliphatic carbocycles. The highest BCUT2D eigenvalue weighted by Crippen LogP contribution is 2.20. The van der Waals surface area contributed by atoms with E-state index in [1.54, 1.807) is 12.1 Å². The van der Waals surface area contributed by atoms with Crippen molar-refractivity contribution in [3.8, 4) is 5.75 Å². The van der Waals surface area contributed by atoms with Crippen LogP contribution < -0.4 is 5.32 Å². The number of aromatic hydroxyl groups is 1. The second-order valence-corrected chi connectivity index (χ2v) is 4.79. The predicted molar refractivity (Wildman–Crippen MR) is 76.8 cm³/mol. The van der Waals surface area contributed by atoms with Crippen molar-refractivity contribution >= 4 is 17.4 Å². The molecule has 2 rings (SSSR count). The van der Waals surface area contributed by atoms with Crippen LogP contribution in [0.5, 0.6) is 5.75 Å².